The van der Waals surface area contributed by atoms with E-state index in [1.807, 2.05) is 12.1 Å². The van der Waals surface area contributed by atoms with Crippen molar-refractivity contribution in [1.29, 1.82) is 0 Å². The van der Waals surface area contributed by atoms with Crippen molar-refractivity contribution < 1.29 is 4.42 Å². The maximum absolute atomic E-state index is 6.31. The van der Waals surface area contributed by atoms with E-state index in [0.717, 1.165) is 84.3 Å². The molecule has 17 aromatic rings. The molecule has 0 fully saturated rings. The molecule has 1 heterocycles. The second kappa shape index (κ2) is 26.5. The molecule has 0 aliphatic carbocycles. The van der Waals surface area contributed by atoms with Crippen molar-refractivity contribution in [2.45, 2.75) is 0 Å². The molecule has 0 bridgehead atoms. The van der Waals surface area contributed by atoms with Gasteiger partial charge in [0.2, 0.25) is 0 Å². The van der Waals surface area contributed by atoms with E-state index in [4.69, 9.17) is 4.42 Å². The largest absolute Gasteiger partial charge is 0.455 e. The van der Waals surface area contributed by atoms with E-state index in [1.54, 1.807) is 0 Å². The fraction of sp³-hybridized carbons (Fsp3) is 0. The van der Waals surface area contributed by atoms with Gasteiger partial charge in [-0.05, 0) is 164 Å². The highest BCUT2D eigenvalue weighted by atomic mass is 16.3. The molecule has 0 aliphatic rings. The molecule has 0 radical (unpaired) electrons. The number of anilines is 9. The van der Waals surface area contributed by atoms with Gasteiger partial charge in [0.1, 0.15) is 11.2 Å². The van der Waals surface area contributed by atoms with Gasteiger partial charge in [0.25, 0.3) is 0 Å². The zero-order chi connectivity index (χ0) is 64.0. The van der Waals surface area contributed by atoms with Gasteiger partial charge in [-0.25, -0.2) is 0 Å². The Balaban J connectivity index is 0.000000152. The van der Waals surface area contributed by atoms with Crippen molar-refractivity contribution >= 4 is 94.7 Å². The Bertz CT molecular complexity index is 5210. The van der Waals surface area contributed by atoms with Gasteiger partial charge >= 0.3 is 0 Å². The van der Waals surface area contributed by atoms with Gasteiger partial charge in [0.05, 0.1) is 11.4 Å². The quantitative estimate of drug-likeness (QED) is 0.108. The van der Waals surface area contributed by atoms with Crippen LogP contribution in [0.3, 0.4) is 0 Å². The monoisotopic (exact) mass is 1230 g/mol. The first-order valence-corrected chi connectivity index (χ1v) is 32.7. The number of hydrogen-bond donors (Lipinski definition) is 0. The third-order valence-corrected chi connectivity index (χ3v) is 18.2. The van der Waals surface area contributed by atoms with Crippen molar-refractivity contribution in [1.82, 2.24) is 0 Å². The molecule has 4 heteroatoms. The van der Waals surface area contributed by atoms with Crippen LogP contribution in [0.15, 0.2) is 399 Å². The highest BCUT2D eigenvalue weighted by Crippen LogP contribution is 2.44. The van der Waals surface area contributed by atoms with Crippen LogP contribution in [0.25, 0.3) is 99.1 Å². The van der Waals surface area contributed by atoms with Crippen LogP contribution in [0.1, 0.15) is 0 Å². The summed E-state index contributed by atoms with van der Waals surface area (Å²) in [7, 11) is 0. The fourth-order valence-electron chi connectivity index (χ4n) is 13.4. The third kappa shape index (κ3) is 11.8. The molecule has 0 aliphatic heterocycles. The van der Waals surface area contributed by atoms with Gasteiger partial charge in [-0.1, -0.05) is 291 Å². The number of furan rings is 1. The van der Waals surface area contributed by atoms with E-state index in [2.05, 4.69) is 397 Å². The van der Waals surface area contributed by atoms with Crippen molar-refractivity contribution in [3.8, 4) is 55.6 Å². The fourth-order valence-corrected chi connectivity index (χ4v) is 13.4. The van der Waals surface area contributed by atoms with Crippen LogP contribution in [0.5, 0.6) is 0 Å². The van der Waals surface area contributed by atoms with Gasteiger partial charge < -0.3 is 19.1 Å². The van der Waals surface area contributed by atoms with Crippen LogP contribution in [0.2, 0.25) is 0 Å². The molecule has 4 nitrogen and oxygen atoms in total. The average molecular weight is 1230 g/mol. The summed E-state index contributed by atoms with van der Waals surface area (Å²) in [6, 6.07) is 140. The lowest BCUT2D eigenvalue weighted by Crippen LogP contribution is -2.10. The Morgan fingerprint density at radius 1 is 0.167 bits per heavy atom. The Hall–Kier alpha value is -12.8. The molecule has 16 aromatic carbocycles. The van der Waals surface area contributed by atoms with Gasteiger partial charge in [0, 0.05) is 66.9 Å². The van der Waals surface area contributed by atoms with E-state index in [1.165, 1.54) is 66.1 Å². The van der Waals surface area contributed by atoms with Crippen LogP contribution >= 0.6 is 0 Å². The predicted octanol–water partition coefficient (Wildman–Crippen LogP) is 26.3. The van der Waals surface area contributed by atoms with Crippen molar-refractivity contribution in [3.63, 3.8) is 0 Å². The normalized spacial score (nSPS) is 11.1. The summed E-state index contributed by atoms with van der Waals surface area (Å²) in [6.45, 7) is 0. The number of rotatable bonds is 14. The average Bonchev–Trinajstić information content (AvgIpc) is 1.74. The topological polar surface area (TPSA) is 22.9 Å². The molecule has 0 amide bonds. The molecule has 454 valence electrons. The number of benzene rings is 16. The predicted molar refractivity (Wildman–Crippen MR) is 406 cm³/mol. The second-order valence-electron chi connectivity index (χ2n) is 24.0. The zero-order valence-corrected chi connectivity index (χ0v) is 52.8. The molecule has 1 aromatic heterocycles. The summed E-state index contributed by atoms with van der Waals surface area (Å²) >= 11 is 0. The second-order valence-corrected chi connectivity index (χ2v) is 24.0. The SMILES string of the molecule is c1ccc(-c2ccc(N(c3ccc(-c4ccccc4)cc3)c3ccc(-c4ccc(-c5cccc6c5oc5ccccc56)cc4)cc3)cc2)cc1.c1ccc(N(c2ccc(-c3ccc(N(c4ccccc4)c4cccc5ccccc45)cc3)cc2)c2cccc3ccccc23)cc1. The third-order valence-electron chi connectivity index (χ3n) is 18.2. The number of fused-ring (bicyclic) bond motifs is 5. The summed E-state index contributed by atoms with van der Waals surface area (Å²) < 4.78 is 6.31. The highest BCUT2D eigenvalue weighted by molar-refractivity contribution is 6.10. The first kappa shape index (κ1) is 58.3. The molecule has 0 saturated carbocycles. The van der Waals surface area contributed by atoms with Crippen molar-refractivity contribution in [2.75, 3.05) is 14.7 Å². The number of hydrogen-bond acceptors (Lipinski definition) is 4. The van der Waals surface area contributed by atoms with Crippen molar-refractivity contribution in [3.05, 3.63) is 394 Å². The van der Waals surface area contributed by atoms with Gasteiger partial charge in [-0.15, -0.1) is 0 Å². The molecular formula is C92H65N3O. The maximum atomic E-state index is 6.31. The minimum Gasteiger partial charge on any atom is -0.455 e. The van der Waals surface area contributed by atoms with E-state index in [0.29, 0.717) is 0 Å². The summed E-state index contributed by atoms with van der Waals surface area (Å²) in [5, 5.41) is 7.20. The number of para-hydroxylation sites is 4. The Morgan fingerprint density at radius 3 is 0.844 bits per heavy atom. The minimum atomic E-state index is 0.917. The van der Waals surface area contributed by atoms with Crippen LogP contribution in [-0.4, -0.2) is 0 Å². The Morgan fingerprint density at radius 2 is 0.438 bits per heavy atom. The molecule has 0 atom stereocenters. The Labute approximate surface area is 560 Å². The minimum absolute atomic E-state index is 0.917. The van der Waals surface area contributed by atoms with Crippen LogP contribution in [0.4, 0.5) is 51.2 Å². The van der Waals surface area contributed by atoms with Crippen molar-refractivity contribution in [2.24, 2.45) is 0 Å². The standard InChI is InChI=1S/C48H33NO.C44H32N2/c1-3-10-34(11-4-1)37-22-28-41(29-23-37)49(42-30-24-38(25-31-42)35-12-5-2-6-13-35)43-32-26-39(27-33-43)36-18-20-40(21-19-36)44-15-9-16-46-45-14-7-8-17-47(45)50-48(44)46;1-3-17-37(18-4-1)45(43-23-11-15-35-13-7-9-21-41(35)43)39-29-25-33(26-30-39)34-27-31-40(32-28-34)46(38-19-5-2-6-20-38)44-24-12-16-36-14-8-10-22-42(36)44/h1-33H;1-32H. The van der Waals surface area contributed by atoms with Gasteiger partial charge in [-0.2, -0.15) is 0 Å². The first-order valence-electron chi connectivity index (χ1n) is 32.7. The highest BCUT2D eigenvalue weighted by Gasteiger charge is 2.20. The lowest BCUT2D eigenvalue weighted by atomic mass is 9.98. The maximum Gasteiger partial charge on any atom is 0.143 e. The van der Waals surface area contributed by atoms with Gasteiger partial charge in [0.15, 0.2) is 0 Å². The summed E-state index contributed by atoms with van der Waals surface area (Å²) in [6.07, 6.45) is 0. The van der Waals surface area contributed by atoms with E-state index < -0.39 is 0 Å². The molecule has 96 heavy (non-hydrogen) atoms. The zero-order valence-electron chi connectivity index (χ0n) is 52.8. The molecule has 0 saturated heterocycles. The first-order chi connectivity index (χ1) is 47.6. The van der Waals surface area contributed by atoms with E-state index in [-0.39, 0.29) is 0 Å². The Kier molecular flexibility index (Phi) is 16.1. The molecule has 0 N–H and O–H groups in total. The summed E-state index contributed by atoms with van der Waals surface area (Å²) in [5.41, 5.74) is 23.7. The molecule has 17 rings (SSSR count). The molecular weight excluding hydrogens is 1160 g/mol. The summed E-state index contributed by atoms with van der Waals surface area (Å²) in [5.74, 6) is 0. The van der Waals surface area contributed by atoms with E-state index >= 15 is 0 Å². The van der Waals surface area contributed by atoms with Crippen LogP contribution < -0.4 is 14.7 Å². The number of nitrogens with zero attached hydrogens (tertiary/aromatic N) is 3. The smallest absolute Gasteiger partial charge is 0.143 e. The summed E-state index contributed by atoms with van der Waals surface area (Å²) in [4.78, 5) is 7.01. The van der Waals surface area contributed by atoms with Crippen LogP contribution in [-0.2, 0) is 0 Å². The lowest BCUT2D eigenvalue weighted by Gasteiger charge is -2.27. The van der Waals surface area contributed by atoms with E-state index in [9.17, 15) is 0 Å². The van der Waals surface area contributed by atoms with Gasteiger partial charge in [-0.3, -0.25) is 0 Å². The molecule has 0 spiro atoms. The molecule has 0 unspecified atom stereocenters. The van der Waals surface area contributed by atoms with Crippen LogP contribution in [0, 0.1) is 0 Å². The lowest BCUT2D eigenvalue weighted by molar-refractivity contribution is 0.670.